The van der Waals surface area contributed by atoms with Crippen molar-refractivity contribution in [3.63, 3.8) is 0 Å². The monoisotopic (exact) mass is 190 g/mol. The lowest BCUT2D eigenvalue weighted by molar-refractivity contribution is -0.122. The lowest BCUT2D eigenvalue weighted by atomic mass is 10.0. The highest BCUT2D eigenvalue weighted by molar-refractivity contribution is 5.92. The number of aliphatic hydroxyl groups excluding tert-OH is 1. The predicted molar refractivity (Wildman–Crippen MR) is 56.1 cm³/mol. The first-order chi connectivity index (χ1) is 6.63. The van der Waals surface area contributed by atoms with Crippen molar-refractivity contribution in [1.82, 2.24) is 0 Å². The minimum Gasteiger partial charge on any atom is -0.385 e. The van der Waals surface area contributed by atoms with E-state index >= 15 is 0 Å². The number of rotatable bonds is 4. The van der Waals surface area contributed by atoms with Gasteiger partial charge >= 0.3 is 0 Å². The number of benzene rings is 1. The van der Waals surface area contributed by atoms with Gasteiger partial charge in [-0.2, -0.15) is 0 Å². The number of hydrogen-bond donors (Lipinski definition) is 1. The molecule has 1 aromatic carbocycles. The zero-order chi connectivity index (χ0) is 10.6. The van der Waals surface area contributed by atoms with Crippen LogP contribution in [0.4, 0.5) is 0 Å². The van der Waals surface area contributed by atoms with Crippen LogP contribution in [0.25, 0.3) is 0 Å². The summed E-state index contributed by atoms with van der Waals surface area (Å²) in [6.45, 7) is 5.31. The minimum atomic E-state index is -0.964. The zero-order valence-electron chi connectivity index (χ0n) is 8.23. The molecule has 0 saturated carbocycles. The average Bonchev–Trinajstić information content (AvgIpc) is 2.16. The number of hydrogen-bond acceptors (Lipinski definition) is 2. The predicted octanol–water partition coefficient (Wildman–Crippen LogP) is 1.65. The molecular weight excluding hydrogens is 176 g/mol. The fourth-order valence-electron chi connectivity index (χ4n) is 1.30. The highest BCUT2D eigenvalue weighted by Gasteiger charge is 2.11. The van der Waals surface area contributed by atoms with Gasteiger partial charge in [0.2, 0.25) is 0 Å². The average molecular weight is 190 g/mol. The molecule has 1 rings (SSSR count). The van der Waals surface area contributed by atoms with E-state index in [4.69, 9.17) is 0 Å². The molecule has 0 fully saturated rings. The Morgan fingerprint density at radius 2 is 2.36 bits per heavy atom. The van der Waals surface area contributed by atoms with E-state index < -0.39 is 6.10 Å². The molecule has 0 amide bonds. The highest BCUT2D eigenvalue weighted by Crippen LogP contribution is 2.07. The van der Waals surface area contributed by atoms with Gasteiger partial charge in [0, 0.05) is 6.42 Å². The lowest BCUT2D eigenvalue weighted by Crippen LogP contribution is -2.20. The molecule has 2 heteroatoms. The molecule has 1 aromatic rings. The lowest BCUT2D eigenvalue weighted by Gasteiger charge is -2.07. The van der Waals surface area contributed by atoms with E-state index in [1.54, 1.807) is 0 Å². The molecule has 14 heavy (non-hydrogen) atoms. The third kappa shape index (κ3) is 2.82. The number of carbonyl (C=O) groups is 1. The summed E-state index contributed by atoms with van der Waals surface area (Å²) in [7, 11) is 0. The van der Waals surface area contributed by atoms with Crippen molar-refractivity contribution in [2.24, 2.45) is 0 Å². The number of ketones is 1. The van der Waals surface area contributed by atoms with Gasteiger partial charge in [0.1, 0.15) is 6.10 Å². The molecule has 0 spiro atoms. The molecule has 0 heterocycles. The summed E-state index contributed by atoms with van der Waals surface area (Å²) in [6.07, 6.45) is 0.543. The van der Waals surface area contributed by atoms with E-state index in [9.17, 15) is 9.90 Å². The Labute approximate surface area is 83.9 Å². The SMILES string of the molecule is C=CC(=O)C(O)Cc1cccc(C)c1. The van der Waals surface area contributed by atoms with Gasteiger partial charge in [-0.05, 0) is 18.6 Å². The first-order valence-corrected chi connectivity index (χ1v) is 4.53. The molecule has 0 aliphatic carbocycles. The second-order valence-corrected chi connectivity index (χ2v) is 3.32. The summed E-state index contributed by atoms with van der Waals surface area (Å²) in [5.74, 6) is -0.327. The fourth-order valence-corrected chi connectivity index (χ4v) is 1.30. The Kier molecular flexibility index (Phi) is 3.60. The Balaban J connectivity index is 2.69. The normalized spacial score (nSPS) is 12.1. The van der Waals surface area contributed by atoms with Crippen LogP contribution in [0.15, 0.2) is 36.9 Å². The van der Waals surface area contributed by atoms with E-state index in [0.717, 1.165) is 17.2 Å². The summed E-state index contributed by atoms with van der Waals surface area (Å²) < 4.78 is 0. The second kappa shape index (κ2) is 4.72. The molecule has 0 saturated heterocycles. The van der Waals surface area contributed by atoms with Crippen LogP contribution in [0.3, 0.4) is 0 Å². The maximum absolute atomic E-state index is 11.0. The summed E-state index contributed by atoms with van der Waals surface area (Å²) in [4.78, 5) is 11.0. The third-order valence-electron chi connectivity index (χ3n) is 2.04. The molecule has 0 aromatic heterocycles. The topological polar surface area (TPSA) is 37.3 Å². The molecule has 1 N–H and O–H groups in total. The van der Waals surface area contributed by atoms with Crippen LogP contribution in [-0.4, -0.2) is 17.0 Å². The van der Waals surface area contributed by atoms with Crippen molar-refractivity contribution >= 4 is 5.78 Å². The van der Waals surface area contributed by atoms with Crippen LogP contribution in [0.2, 0.25) is 0 Å². The Morgan fingerprint density at radius 3 is 2.93 bits per heavy atom. The maximum Gasteiger partial charge on any atom is 0.183 e. The van der Waals surface area contributed by atoms with Crippen molar-refractivity contribution in [3.8, 4) is 0 Å². The van der Waals surface area contributed by atoms with Crippen molar-refractivity contribution in [3.05, 3.63) is 48.0 Å². The molecule has 0 aliphatic rings. The van der Waals surface area contributed by atoms with Crippen molar-refractivity contribution in [2.45, 2.75) is 19.4 Å². The van der Waals surface area contributed by atoms with Gasteiger partial charge in [-0.3, -0.25) is 4.79 Å². The number of carbonyl (C=O) groups excluding carboxylic acids is 1. The molecular formula is C12H14O2. The van der Waals surface area contributed by atoms with E-state index in [2.05, 4.69) is 6.58 Å². The molecule has 1 atom stereocenters. The largest absolute Gasteiger partial charge is 0.385 e. The first-order valence-electron chi connectivity index (χ1n) is 4.53. The van der Waals surface area contributed by atoms with Gasteiger partial charge in [-0.25, -0.2) is 0 Å². The van der Waals surface area contributed by atoms with Gasteiger partial charge in [0.05, 0.1) is 0 Å². The second-order valence-electron chi connectivity index (χ2n) is 3.32. The molecule has 2 nitrogen and oxygen atoms in total. The quantitative estimate of drug-likeness (QED) is 0.733. The van der Waals surface area contributed by atoms with Crippen LogP contribution in [-0.2, 0) is 11.2 Å². The van der Waals surface area contributed by atoms with Gasteiger partial charge in [-0.15, -0.1) is 0 Å². The van der Waals surface area contributed by atoms with Crippen LogP contribution in [0.1, 0.15) is 11.1 Å². The number of aliphatic hydroxyl groups is 1. The third-order valence-corrected chi connectivity index (χ3v) is 2.04. The van der Waals surface area contributed by atoms with Crippen LogP contribution in [0, 0.1) is 6.92 Å². The van der Waals surface area contributed by atoms with Crippen molar-refractivity contribution in [2.75, 3.05) is 0 Å². The summed E-state index contributed by atoms with van der Waals surface area (Å²) in [6, 6.07) is 7.74. The summed E-state index contributed by atoms with van der Waals surface area (Å²) >= 11 is 0. The summed E-state index contributed by atoms with van der Waals surface area (Å²) in [5, 5.41) is 9.44. The van der Waals surface area contributed by atoms with E-state index in [0.29, 0.717) is 6.42 Å². The number of aryl methyl sites for hydroxylation is 1. The van der Waals surface area contributed by atoms with Gasteiger partial charge < -0.3 is 5.11 Å². The molecule has 74 valence electrons. The van der Waals surface area contributed by atoms with Gasteiger partial charge in [-0.1, -0.05) is 36.4 Å². The highest BCUT2D eigenvalue weighted by atomic mass is 16.3. The van der Waals surface area contributed by atoms with Gasteiger partial charge in [0.15, 0.2) is 5.78 Å². The van der Waals surface area contributed by atoms with E-state index in [1.165, 1.54) is 0 Å². The van der Waals surface area contributed by atoms with Crippen molar-refractivity contribution < 1.29 is 9.90 Å². The minimum absolute atomic E-state index is 0.327. The van der Waals surface area contributed by atoms with E-state index in [-0.39, 0.29) is 5.78 Å². The Hall–Kier alpha value is -1.41. The molecule has 1 unspecified atom stereocenters. The van der Waals surface area contributed by atoms with Crippen LogP contribution in [0.5, 0.6) is 0 Å². The molecule has 0 radical (unpaired) electrons. The van der Waals surface area contributed by atoms with Gasteiger partial charge in [0.25, 0.3) is 0 Å². The smallest absolute Gasteiger partial charge is 0.183 e. The first kappa shape index (κ1) is 10.7. The molecule has 0 bridgehead atoms. The van der Waals surface area contributed by atoms with E-state index in [1.807, 2.05) is 31.2 Å². The standard InChI is InChI=1S/C12H14O2/c1-3-11(13)12(14)8-10-6-4-5-9(2)7-10/h3-7,12,14H,1,8H2,2H3. The van der Waals surface area contributed by atoms with Crippen LogP contribution < -0.4 is 0 Å². The summed E-state index contributed by atoms with van der Waals surface area (Å²) in [5.41, 5.74) is 2.09. The Morgan fingerprint density at radius 1 is 1.64 bits per heavy atom. The zero-order valence-corrected chi connectivity index (χ0v) is 8.23. The van der Waals surface area contributed by atoms with Crippen LogP contribution >= 0.6 is 0 Å². The fraction of sp³-hybridized carbons (Fsp3) is 0.250. The maximum atomic E-state index is 11.0. The molecule has 0 aliphatic heterocycles. The van der Waals surface area contributed by atoms with Crippen molar-refractivity contribution in [1.29, 1.82) is 0 Å². The Bertz CT molecular complexity index is 342.